The molecule has 2 amide bonds. The molecule has 0 spiro atoms. The molecule has 1 fully saturated rings. The van der Waals surface area contributed by atoms with Gasteiger partial charge in [0.15, 0.2) is 0 Å². The number of aliphatic hydroxyl groups is 1. The van der Waals surface area contributed by atoms with Crippen LogP contribution in [0.5, 0.6) is 0 Å². The van der Waals surface area contributed by atoms with Crippen LogP contribution in [-0.4, -0.2) is 51.8 Å². The van der Waals surface area contributed by atoms with Crippen LogP contribution in [0.2, 0.25) is 0 Å². The second kappa shape index (κ2) is 5.86. The van der Waals surface area contributed by atoms with E-state index in [0.717, 1.165) is 12.8 Å². The lowest BCUT2D eigenvalue weighted by molar-refractivity contribution is -0.141. The van der Waals surface area contributed by atoms with Crippen molar-refractivity contribution in [2.75, 3.05) is 6.54 Å². The third kappa shape index (κ3) is 3.33. The number of rotatable bonds is 4. The minimum atomic E-state index is -1.07. The normalized spacial score (nSPS) is 24.1. The number of nitrogens with zero attached hydrogens (tertiary/aromatic N) is 1. The Kier molecular flexibility index (Phi) is 4.74. The summed E-state index contributed by atoms with van der Waals surface area (Å²) in [4.78, 5) is 24.0. The summed E-state index contributed by atoms with van der Waals surface area (Å²) in [5, 5.41) is 21.2. The second-order valence-corrected chi connectivity index (χ2v) is 4.36. The predicted molar refractivity (Wildman–Crippen MR) is 61.7 cm³/mol. The topological polar surface area (TPSA) is 89.9 Å². The Bertz CT molecular complexity index is 291. The minimum Gasteiger partial charge on any atom is -0.480 e. The lowest BCUT2D eigenvalue weighted by Gasteiger charge is -2.24. The maximum atomic E-state index is 11.9. The Balaban J connectivity index is 2.64. The Morgan fingerprint density at radius 1 is 1.41 bits per heavy atom. The minimum absolute atomic E-state index is 0.0506. The number of aliphatic carboxylic acids is 1. The van der Waals surface area contributed by atoms with Gasteiger partial charge in [0.1, 0.15) is 6.04 Å². The molecule has 98 valence electrons. The van der Waals surface area contributed by atoms with Gasteiger partial charge in [-0.05, 0) is 12.8 Å². The number of carbonyl (C=O) groups is 2. The summed E-state index contributed by atoms with van der Waals surface area (Å²) in [5.74, 6) is -1.07. The molecule has 2 atom stereocenters. The molecule has 1 saturated heterocycles. The molecule has 0 aliphatic carbocycles. The molecule has 0 aromatic heterocycles. The van der Waals surface area contributed by atoms with Crippen molar-refractivity contribution in [1.82, 2.24) is 10.2 Å². The fourth-order valence-electron chi connectivity index (χ4n) is 2.02. The molecule has 1 heterocycles. The highest BCUT2D eigenvalue weighted by atomic mass is 16.4. The fourth-order valence-corrected chi connectivity index (χ4v) is 2.02. The van der Waals surface area contributed by atoms with Crippen LogP contribution in [0.15, 0.2) is 0 Å². The molecule has 1 aliphatic rings. The molecule has 1 unspecified atom stereocenters. The Hall–Kier alpha value is -1.30. The molecule has 3 N–H and O–H groups in total. The van der Waals surface area contributed by atoms with Gasteiger partial charge in [0.2, 0.25) is 0 Å². The summed E-state index contributed by atoms with van der Waals surface area (Å²) in [7, 11) is 0. The summed E-state index contributed by atoms with van der Waals surface area (Å²) in [5.41, 5.74) is 0. The molecule has 17 heavy (non-hydrogen) atoms. The Labute approximate surface area is 101 Å². The van der Waals surface area contributed by atoms with E-state index in [0.29, 0.717) is 0 Å². The highest BCUT2D eigenvalue weighted by Crippen LogP contribution is 2.18. The number of carboxylic acids is 1. The van der Waals surface area contributed by atoms with Crippen LogP contribution in [0, 0.1) is 0 Å². The fraction of sp³-hybridized carbons (Fsp3) is 0.818. The number of nitrogens with one attached hydrogen (secondary N) is 1. The van der Waals surface area contributed by atoms with Crippen LogP contribution in [0.3, 0.4) is 0 Å². The molecule has 6 nitrogen and oxygen atoms in total. The molecule has 6 heteroatoms. The van der Waals surface area contributed by atoms with Gasteiger partial charge in [0, 0.05) is 19.0 Å². The highest BCUT2D eigenvalue weighted by molar-refractivity contribution is 5.83. The molecule has 1 aliphatic heterocycles. The monoisotopic (exact) mass is 244 g/mol. The van der Waals surface area contributed by atoms with E-state index < -0.39 is 24.1 Å². The van der Waals surface area contributed by atoms with Gasteiger partial charge < -0.3 is 20.4 Å². The third-order valence-electron chi connectivity index (χ3n) is 3.14. The first-order chi connectivity index (χ1) is 7.99. The summed E-state index contributed by atoms with van der Waals surface area (Å²) in [6.45, 7) is 4.01. The van der Waals surface area contributed by atoms with E-state index in [2.05, 4.69) is 5.32 Å². The van der Waals surface area contributed by atoms with Crippen molar-refractivity contribution in [1.29, 1.82) is 0 Å². The summed E-state index contributed by atoms with van der Waals surface area (Å²) >= 11 is 0. The summed E-state index contributed by atoms with van der Waals surface area (Å²) in [6, 6.07) is -1.27. The molecule has 0 aromatic carbocycles. The van der Waals surface area contributed by atoms with Crippen LogP contribution >= 0.6 is 0 Å². The van der Waals surface area contributed by atoms with Crippen LogP contribution in [-0.2, 0) is 4.79 Å². The van der Waals surface area contributed by atoms with Crippen molar-refractivity contribution in [3.63, 3.8) is 0 Å². The van der Waals surface area contributed by atoms with Gasteiger partial charge >= 0.3 is 12.0 Å². The van der Waals surface area contributed by atoms with Gasteiger partial charge in [0.25, 0.3) is 0 Å². The average molecular weight is 244 g/mol. The standard InChI is InChI=1S/C11H20N2O4/c1-3-7(4-2)12-11(17)13-6-8(14)5-9(13)10(15)16/h7-9,14H,3-6H2,1-2H3,(H,12,17)(H,15,16)/t8?,9-/m0/s1. The average Bonchev–Trinajstić information content (AvgIpc) is 2.68. The number of hydrogen-bond acceptors (Lipinski definition) is 3. The lowest BCUT2D eigenvalue weighted by atomic mass is 10.2. The van der Waals surface area contributed by atoms with E-state index in [1.807, 2.05) is 13.8 Å². The van der Waals surface area contributed by atoms with E-state index in [-0.39, 0.29) is 19.0 Å². The molecular formula is C11H20N2O4. The summed E-state index contributed by atoms with van der Waals surface area (Å²) in [6.07, 6.45) is 0.960. The van der Waals surface area contributed by atoms with Gasteiger partial charge in [-0.1, -0.05) is 13.8 Å². The maximum Gasteiger partial charge on any atom is 0.326 e. The van der Waals surface area contributed by atoms with Gasteiger partial charge in [-0.15, -0.1) is 0 Å². The van der Waals surface area contributed by atoms with Gasteiger partial charge in [-0.3, -0.25) is 0 Å². The zero-order chi connectivity index (χ0) is 13.0. The third-order valence-corrected chi connectivity index (χ3v) is 3.14. The Morgan fingerprint density at radius 2 is 2.00 bits per heavy atom. The van der Waals surface area contributed by atoms with Crippen molar-refractivity contribution in [3.8, 4) is 0 Å². The first kappa shape index (κ1) is 13.8. The molecule has 0 aromatic rings. The van der Waals surface area contributed by atoms with E-state index in [9.17, 15) is 14.7 Å². The van der Waals surface area contributed by atoms with Crippen LogP contribution in [0.25, 0.3) is 0 Å². The highest BCUT2D eigenvalue weighted by Gasteiger charge is 2.39. The number of carboxylic acid groups (broad SMARTS) is 1. The zero-order valence-electron chi connectivity index (χ0n) is 10.2. The quantitative estimate of drug-likeness (QED) is 0.668. The first-order valence-electron chi connectivity index (χ1n) is 5.97. The van der Waals surface area contributed by atoms with E-state index in [1.54, 1.807) is 0 Å². The largest absolute Gasteiger partial charge is 0.480 e. The molecule has 0 bridgehead atoms. The van der Waals surface area contributed by atoms with E-state index >= 15 is 0 Å². The van der Waals surface area contributed by atoms with Crippen LogP contribution in [0.4, 0.5) is 4.79 Å². The number of hydrogen-bond donors (Lipinski definition) is 3. The maximum absolute atomic E-state index is 11.9. The lowest BCUT2D eigenvalue weighted by Crippen LogP contribution is -2.49. The van der Waals surface area contributed by atoms with Crippen molar-refractivity contribution in [2.24, 2.45) is 0 Å². The van der Waals surface area contributed by atoms with E-state index in [1.165, 1.54) is 4.90 Å². The zero-order valence-corrected chi connectivity index (χ0v) is 10.2. The SMILES string of the molecule is CCC(CC)NC(=O)N1CC(O)C[C@H]1C(=O)O. The van der Waals surface area contributed by atoms with Crippen molar-refractivity contribution in [2.45, 2.75) is 51.3 Å². The molecule has 1 rings (SSSR count). The molecular weight excluding hydrogens is 224 g/mol. The van der Waals surface area contributed by atoms with Crippen LogP contribution < -0.4 is 5.32 Å². The number of likely N-dealkylation sites (tertiary alicyclic amines) is 1. The van der Waals surface area contributed by atoms with Crippen molar-refractivity contribution < 1.29 is 19.8 Å². The molecule has 0 saturated carbocycles. The number of carbonyl (C=O) groups excluding carboxylic acids is 1. The van der Waals surface area contributed by atoms with Crippen LogP contribution in [0.1, 0.15) is 33.1 Å². The number of aliphatic hydroxyl groups excluding tert-OH is 1. The smallest absolute Gasteiger partial charge is 0.326 e. The van der Waals surface area contributed by atoms with Gasteiger partial charge in [-0.2, -0.15) is 0 Å². The molecule has 0 radical (unpaired) electrons. The van der Waals surface area contributed by atoms with Crippen molar-refractivity contribution >= 4 is 12.0 Å². The van der Waals surface area contributed by atoms with Crippen molar-refractivity contribution in [3.05, 3.63) is 0 Å². The number of urea groups is 1. The number of amides is 2. The second-order valence-electron chi connectivity index (χ2n) is 4.36. The van der Waals surface area contributed by atoms with E-state index in [4.69, 9.17) is 5.11 Å². The van der Waals surface area contributed by atoms with Gasteiger partial charge in [0.05, 0.1) is 6.10 Å². The first-order valence-corrected chi connectivity index (χ1v) is 5.97. The summed E-state index contributed by atoms with van der Waals surface area (Å²) < 4.78 is 0. The van der Waals surface area contributed by atoms with Gasteiger partial charge in [-0.25, -0.2) is 9.59 Å². The Morgan fingerprint density at radius 3 is 2.47 bits per heavy atom. The number of β-amino-alcohol motifs (C(OH)–C–C–N with tert-alkyl or cyclic N) is 1. The predicted octanol–water partition coefficient (Wildman–Crippen LogP) is 0.404.